The number of ether oxygens (including phenoxy) is 1. The van der Waals surface area contributed by atoms with Crippen LogP contribution in [0.3, 0.4) is 0 Å². The summed E-state index contributed by atoms with van der Waals surface area (Å²) in [6, 6.07) is 7.16. The Balaban J connectivity index is 1.72. The van der Waals surface area contributed by atoms with Crippen LogP contribution in [-0.2, 0) is 7.05 Å². The average molecular weight is 340 g/mol. The molecule has 0 fully saturated rings. The summed E-state index contributed by atoms with van der Waals surface area (Å²) in [6.07, 6.45) is 3.49. The molecule has 0 aliphatic heterocycles. The second-order valence-corrected chi connectivity index (χ2v) is 5.79. The van der Waals surface area contributed by atoms with E-state index >= 15 is 0 Å². The van der Waals surface area contributed by atoms with Crippen molar-refractivity contribution < 1.29 is 9.53 Å². The lowest BCUT2D eigenvalue weighted by atomic mass is 10.1. The Morgan fingerprint density at radius 1 is 1.24 bits per heavy atom. The molecule has 2 aromatic heterocycles. The maximum Gasteiger partial charge on any atom is 0.273 e. The molecule has 3 aromatic rings. The zero-order valence-corrected chi connectivity index (χ0v) is 14.6. The summed E-state index contributed by atoms with van der Waals surface area (Å²) in [5.41, 5.74) is 2.91. The van der Waals surface area contributed by atoms with Crippen molar-refractivity contribution in [1.82, 2.24) is 30.1 Å². The lowest BCUT2D eigenvalue weighted by Gasteiger charge is -2.11. The van der Waals surface area contributed by atoms with Crippen LogP contribution in [0.15, 0.2) is 36.7 Å². The largest absolute Gasteiger partial charge is 0.497 e. The number of rotatable bonds is 5. The standard InChI is InChI=1S/C17H20N6O2/c1-11(15-9-22(3)20-12(15)2)18-17(24)16-10-23(21-19-16)13-5-7-14(25-4)8-6-13/h5-11H,1-4H3,(H,18,24). The topological polar surface area (TPSA) is 86.9 Å². The SMILES string of the molecule is COc1ccc(-n2cc(C(=O)NC(C)c3cn(C)nc3C)nn2)cc1. The fourth-order valence-electron chi connectivity index (χ4n) is 2.62. The van der Waals surface area contributed by atoms with Crippen LogP contribution in [0.2, 0.25) is 0 Å². The number of hydrogen-bond donors (Lipinski definition) is 1. The number of nitrogens with zero attached hydrogens (tertiary/aromatic N) is 5. The first-order chi connectivity index (χ1) is 12.0. The molecule has 0 spiro atoms. The highest BCUT2D eigenvalue weighted by Gasteiger charge is 2.18. The third-order valence-electron chi connectivity index (χ3n) is 3.93. The highest BCUT2D eigenvalue weighted by Crippen LogP contribution is 2.17. The summed E-state index contributed by atoms with van der Waals surface area (Å²) < 4.78 is 8.41. The Bertz CT molecular complexity index is 881. The minimum absolute atomic E-state index is 0.174. The van der Waals surface area contributed by atoms with Crippen LogP contribution in [0.1, 0.15) is 34.7 Å². The van der Waals surface area contributed by atoms with Crippen molar-refractivity contribution in [3.63, 3.8) is 0 Å². The van der Waals surface area contributed by atoms with Gasteiger partial charge in [0.15, 0.2) is 5.69 Å². The molecule has 2 heterocycles. The van der Waals surface area contributed by atoms with E-state index in [0.717, 1.165) is 22.7 Å². The van der Waals surface area contributed by atoms with Crippen LogP contribution in [0.4, 0.5) is 0 Å². The van der Waals surface area contributed by atoms with Gasteiger partial charge in [0, 0.05) is 18.8 Å². The number of methoxy groups -OCH3 is 1. The normalized spacial score (nSPS) is 12.0. The third-order valence-corrected chi connectivity index (χ3v) is 3.93. The fraction of sp³-hybridized carbons (Fsp3) is 0.294. The van der Waals surface area contributed by atoms with Crippen LogP contribution < -0.4 is 10.1 Å². The molecule has 130 valence electrons. The van der Waals surface area contributed by atoms with Crippen molar-refractivity contribution in [1.29, 1.82) is 0 Å². The molecule has 1 atom stereocenters. The highest BCUT2D eigenvalue weighted by atomic mass is 16.5. The molecular weight excluding hydrogens is 320 g/mol. The first-order valence-corrected chi connectivity index (χ1v) is 7.85. The van der Waals surface area contributed by atoms with E-state index in [0.29, 0.717) is 0 Å². The first kappa shape index (κ1) is 16.7. The van der Waals surface area contributed by atoms with Gasteiger partial charge in [-0.05, 0) is 38.1 Å². The van der Waals surface area contributed by atoms with Gasteiger partial charge in [0.05, 0.1) is 30.7 Å². The third kappa shape index (κ3) is 3.52. The molecule has 0 saturated carbocycles. The van der Waals surface area contributed by atoms with Crippen LogP contribution in [0, 0.1) is 6.92 Å². The van der Waals surface area contributed by atoms with Gasteiger partial charge in [-0.2, -0.15) is 5.10 Å². The summed E-state index contributed by atoms with van der Waals surface area (Å²) in [4.78, 5) is 12.4. The summed E-state index contributed by atoms with van der Waals surface area (Å²) in [6.45, 7) is 3.83. The van der Waals surface area contributed by atoms with Gasteiger partial charge in [0.25, 0.3) is 5.91 Å². The second-order valence-electron chi connectivity index (χ2n) is 5.79. The number of aryl methyl sites for hydroxylation is 2. The molecule has 1 amide bonds. The van der Waals surface area contributed by atoms with Gasteiger partial charge < -0.3 is 10.1 Å². The number of amides is 1. The zero-order chi connectivity index (χ0) is 18.0. The van der Waals surface area contributed by atoms with Crippen LogP contribution >= 0.6 is 0 Å². The molecule has 1 N–H and O–H groups in total. The molecule has 0 bridgehead atoms. The quantitative estimate of drug-likeness (QED) is 0.765. The van der Waals surface area contributed by atoms with E-state index in [1.54, 1.807) is 22.7 Å². The summed E-state index contributed by atoms with van der Waals surface area (Å²) in [7, 11) is 3.46. The maximum absolute atomic E-state index is 12.4. The molecule has 1 aromatic carbocycles. The maximum atomic E-state index is 12.4. The van der Waals surface area contributed by atoms with Crippen LogP contribution in [0.5, 0.6) is 5.75 Å². The minimum atomic E-state index is -0.282. The summed E-state index contributed by atoms with van der Waals surface area (Å²) in [5.74, 6) is 0.470. The molecule has 8 nitrogen and oxygen atoms in total. The first-order valence-electron chi connectivity index (χ1n) is 7.85. The number of hydrogen-bond acceptors (Lipinski definition) is 5. The Kier molecular flexibility index (Phi) is 4.51. The van der Waals surface area contributed by atoms with E-state index < -0.39 is 0 Å². The minimum Gasteiger partial charge on any atom is -0.497 e. The Labute approximate surface area is 145 Å². The van der Waals surface area contributed by atoms with E-state index in [1.165, 1.54) is 0 Å². The molecule has 0 aliphatic carbocycles. The van der Waals surface area contributed by atoms with Gasteiger partial charge in [-0.25, -0.2) is 4.68 Å². The second kappa shape index (κ2) is 6.76. The van der Waals surface area contributed by atoms with Crippen molar-refractivity contribution in [2.24, 2.45) is 7.05 Å². The molecule has 0 aliphatic rings. The Hall–Kier alpha value is -3.16. The number of carbonyl (C=O) groups excluding carboxylic acids is 1. The molecule has 8 heteroatoms. The van der Waals surface area contributed by atoms with Gasteiger partial charge in [0.2, 0.25) is 0 Å². The van der Waals surface area contributed by atoms with E-state index in [-0.39, 0.29) is 17.6 Å². The van der Waals surface area contributed by atoms with E-state index in [1.807, 2.05) is 51.4 Å². The van der Waals surface area contributed by atoms with Crippen molar-refractivity contribution in [3.8, 4) is 11.4 Å². The van der Waals surface area contributed by atoms with Gasteiger partial charge in [0.1, 0.15) is 5.75 Å². The van der Waals surface area contributed by atoms with Gasteiger partial charge in [-0.1, -0.05) is 5.21 Å². The summed E-state index contributed by atoms with van der Waals surface area (Å²) >= 11 is 0. The average Bonchev–Trinajstić information content (AvgIpc) is 3.21. The predicted octanol–water partition coefficient (Wildman–Crippen LogP) is 1.81. The number of nitrogens with one attached hydrogen (secondary N) is 1. The molecule has 1 unspecified atom stereocenters. The smallest absolute Gasteiger partial charge is 0.273 e. The number of aromatic nitrogens is 5. The lowest BCUT2D eigenvalue weighted by Crippen LogP contribution is -2.27. The predicted molar refractivity (Wildman–Crippen MR) is 91.7 cm³/mol. The van der Waals surface area contributed by atoms with Gasteiger partial charge in [-0.3, -0.25) is 9.48 Å². The van der Waals surface area contributed by atoms with Crippen molar-refractivity contribution in [2.75, 3.05) is 7.11 Å². The van der Waals surface area contributed by atoms with Crippen LogP contribution in [-0.4, -0.2) is 37.8 Å². The van der Waals surface area contributed by atoms with Crippen LogP contribution in [0.25, 0.3) is 5.69 Å². The monoisotopic (exact) mass is 340 g/mol. The molecule has 3 rings (SSSR count). The van der Waals surface area contributed by atoms with Gasteiger partial charge in [-0.15, -0.1) is 5.10 Å². The molecule has 0 saturated heterocycles. The number of benzene rings is 1. The van der Waals surface area contributed by atoms with Crippen molar-refractivity contribution in [2.45, 2.75) is 19.9 Å². The van der Waals surface area contributed by atoms with Crippen molar-refractivity contribution >= 4 is 5.91 Å². The van der Waals surface area contributed by atoms with E-state index in [9.17, 15) is 4.79 Å². The molecule has 0 radical (unpaired) electrons. The fourth-order valence-corrected chi connectivity index (χ4v) is 2.62. The Morgan fingerprint density at radius 3 is 2.56 bits per heavy atom. The zero-order valence-electron chi connectivity index (χ0n) is 14.6. The summed E-state index contributed by atoms with van der Waals surface area (Å²) in [5, 5.41) is 15.2. The molecule has 25 heavy (non-hydrogen) atoms. The van der Waals surface area contributed by atoms with E-state index in [4.69, 9.17) is 4.74 Å². The highest BCUT2D eigenvalue weighted by molar-refractivity contribution is 5.92. The lowest BCUT2D eigenvalue weighted by molar-refractivity contribution is 0.0934. The molecular formula is C17H20N6O2. The van der Waals surface area contributed by atoms with Crippen molar-refractivity contribution in [3.05, 3.63) is 53.6 Å². The number of carbonyl (C=O) groups is 1. The Morgan fingerprint density at radius 2 is 1.96 bits per heavy atom. The van der Waals surface area contributed by atoms with E-state index in [2.05, 4.69) is 20.7 Å². The van der Waals surface area contributed by atoms with Gasteiger partial charge >= 0.3 is 0 Å².